The minimum Gasteiger partial charge on any atom is -0.357 e. The topological polar surface area (TPSA) is 42.9 Å². The van der Waals surface area contributed by atoms with E-state index >= 15 is 0 Å². The number of piperazine rings is 1. The third kappa shape index (κ3) is 7.58. The smallest absolute Gasteiger partial charge is 0.191 e. The summed E-state index contributed by atoms with van der Waals surface area (Å²) in [6.45, 7) is 14.7. The van der Waals surface area contributed by atoms with E-state index < -0.39 is 0 Å². The standard InChI is InChI=1S/C19H32ClN5.HI/c1-4-21-19(23-15-17-8-6-7-9-18(17)20)22-14-16(3)25-12-10-24(5-2)11-13-25;/h6-9,16H,4-5,10-15H2,1-3H3,(H2,21,22,23);1H. The Morgan fingerprint density at radius 3 is 2.46 bits per heavy atom. The normalized spacial score (nSPS) is 17.5. The van der Waals surface area contributed by atoms with Crippen LogP contribution >= 0.6 is 35.6 Å². The van der Waals surface area contributed by atoms with Crippen LogP contribution in [-0.4, -0.2) is 67.6 Å². The van der Waals surface area contributed by atoms with Crippen molar-refractivity contribution < 1.29 is 0 Å². The summed E-state index contributed by atoms with van der Waals surface area (Å²) in [4.78, 5) is 9.73. The number of benzene rings is 1. The summed E-state index contributed by atoms with van der Waals surface area (Å²) in [5.41, 5.74) is 1.05. The Morgan fingerprint density at radius 1 is 1.15 bits per heavy atom. The molecule has 0 aliphatic carbocycles. The van der Waals surface area contributed by atoms with Gasteiger partial charge in [-0.05, 0) is 32.0 Å². The maximum absolute atomic E-state index is 6.22. The summed E-state index contributed by atoms with van der Waals surface area (Å²) >= 11 is 6.22. The molecule has 1 heterocycles. The van der Waals surface area contributed by atoms with Gasteiger partial charge in [-0.3, -0.25) is 4.90 Å². The molecule has 1 aromatic carbocycles. The van der Waals surface area contributed by atoms with Crippen molar-refractivity contribution in [2.24, 2.45) is 4.99 Å². The van der Waals surface area contributed by atoms with Crippen molar-refractivity contribution in [1.29, 1.82) is 0 Å². The molecule has 1 saturated heterocycles. The number of nitrogens with one attached hydrogen (secondary N) is 2. The molecule has 1 aromatic rings. The number of likely N-dealkylation sites (N-methyl/N-ethyl adjacent to an activating group) is 1. The number of guanidine groups is 1. The van der Waals surface area contributed by atoms with E-state index in [1.807, 2.05) is 24.3 Å². The zero-order valence-corrected chi connectivity index (χ0v) is 19.3. The lowest BCUT2D eigenvalue weighted by Crippen LogP contribution is -2.53. The Kier molecular flexibility index (Phi) is 11.5. The van der Waals surface area contributed by atoms with Crippen molar-refractivity contribution in [3.8, 4) is 0 Å². The molecule has 0 saturated carbocycles. The van der Waals surface area contributed by atoms with E-state index in [1.165, 1.54) is 13.1 Å². The average Bonchev–Trinajstić information content (AvgIpc) is 2.65. The van der Waals surface area contributed by atoms with Crippen molar-refractivity contribution in [2.45, 2.75) is 33.4 Å². The average molecular weight is 494 g/mol. The predicted octanol–water partition coefficient (Wildman–Crippen LogP) is 3.04. The zero-order valence-electron chi connectivity index (χ0n) is 16.2. The molecule has 0 amide bonds. The van der Waals surface area contributed by atoms with E-state index in [0.717, 1.165) is 49.3 Å². The SMILES string of the molecule is CCNC(=NCc1ccccc1Cl)NCC(C)N1CCN(CC)CC1.I. The molecule has 1 unspecified atom stereocenters. The molecule has 7 heteroatoms. The second-order valence-electron chi connectivity index (χ2n) is 6.49. The van der Waals surface area contributed by atoms with Crippen LogP contribution in [0.2, 0.25) is 5.02 Å². The summed E-state index contributed by atoms with van der Waals surface area (Å²) in [7, 11) is 0. The van der Waals surface area contributed by atoms with Crippen LogP contribution in [0.4, 0.5) is 0 Å². The molecule has 5 nitrogen and oxygen atoms in total. The van der Waals surface area contributed by atoms with Crippen LogP contribution in [0.3, 0.4) is 0 Å². The van der Waals surface area contributed by atoms with Crippen molar-refractivity contribution in [1.82, 2.24) is 20.4 Å². The molecular formula is C19H33ClIN5. The monoisotopic (exact) mass is 493 g/mol. The van der Waals surface area contributed by atoms with E-state index in [1.54, 1.807) is 0 Å². The molecule has 0 spiro atoms. The molecule has 1 atom stereocenters. The molecule has 0 radical (unpaired) electrons. The van der Waals surface area contributed by atoms with Crippen LogP contribution in [0, 0.1) is 0 Å². The fourth-order valence-electron chi connectivity index (χ4n) is 3.03. The summed E-state index contributed by atoms with van der Waals surface area (Å²) < 4.78 is 0. The lowest BCUT2D eigenvalue weighted by Gasteiger charge is -2.37. The largest absolute Gasteiger partial charge is 0.357 e. The van der Waals surface area contributed by atoms with E-state index in [4.69, 9.17) is 11.6 Å². The van der Waals surface area contributed by atoms with E-state index in [9.17, 15) is 0 Å². The first kappa shape index (κ1) is 23.5. The molecule has 2 rings (SSSR count). The quantitative estimate of drug-likeness (QED) is 0.348. The lowest BCUT2D eigenvalue weighted by atomic mass is 10.2. The van der Waals surface area contributed by atoms with Crippen molar-refractivity contribution in [2.75, 3.05) is 45.8 Å². The first-order valence-corrected chi connectivity index (χ1v) is 9.73. The summed E-state index contributed by atoms with van der Waals surface area (Å²) in [6.07, 6.45) is 0. The van der Waals surface area contributed by atoms with Crippen LogP contribution in [0.25, 0.3) is 0 Å². The predicted molar refractivity (Wildman–Crippen MR) is 123 cm³/mol. The number of aliphatic imine (C=N–C) groups is 1. The highest BCUT2D eigenvalue weighted by Crippen LogP contribution is 2.15. The van der Waals surface area contributed by atoms with Crippen LogP contribution in [0.1, 0.15) is 26.3 Å². The van der Waals surface area contributed by atoms with Crippen molar-refractivity contribution >= 4 is 41.5 Å². The highest BCUT2D eigenvalue weighted by atomic mass is 127. The summed E-state index contributed by atoms with van der Waals surface area (Å²) in [5, 5.41) is 7.56. The molecule has 148 valence electrons. The first-order chi connectivity index (χ1) is 12.1. The van der Waals surface area contributed by atoms with Gasteiger partial charge in [0.2, 0.25) is 0 Å². The number of rotatable bonds is 7. The molecule has 0 bridgehead atoms. The highest BCUT2D eigenvalue weighted by Gasteiger charge is 2.20. The number of halogens is 2. The van der Waals surface area contributed by atoms with Gasteiger partial charge in [-0.25, -0.2) is 4.99 Å². The van der Waals surface area contributed by atoms with Gasteiger partial charge in [-0.1, -0.05) is 36.7 Å². The number of hydrogen-bond acceptors (Lipinski definition) is 3. The third-order valence-corrected chi connectivity index (χ3v) is 5.12. The fourth-order valence-corrected chi connectivity index (χ4v) is 3.22. The maximum atomic E-state index is 6.22. The highest BCUT2D eigenvalue weighted by molar-refractivity contribution is 14.0. The Labute approximate surface area is 180 Å². The molecule has 2 N–H and O–H groups in total. The molecule has 1 aliphatic heterocycles. The summed E-state index contributed by atoms with van der Waals surface area (Å²) in [6, 6.07) is 8.35. The summed E-state index contributed by atoms with van der Waals surface area (Å²) in [5.74, 6) is 0.849. The van der Waals surface area contributed by atoms with E-state index in [0.29, 0.717) is 12.6 Å². The number of hydrogen-bond donors (Lipinski definition) is 2. The Hall–Kier alpha value is -0.570. The van der Waals surface area contributed by atoms with Crippen LogP contribution in [-0.2, 0) is 6.54 Å². The first-order valence-electron chi connectivity index (χ1n) is 9.36. The van der Waals surface area contributed by atoms with Crippen LogP contribution in [0.5, 0.6) is 0 Å². The molecule has 26 heavy (non-hydrogen) atoms. The molecular weight excluding hydrogens is 461 g/mol. The molecule has 0 aromatic heterocycles. The fraction of sp³-hybridized carbons (Fsp3) is 0.632. The molecule has 1 fully saturated rings. The van der Waals surface area contributed by atoms with Gasteiger partial charge < -0.3 is 15.5 Å². The number of nitrogens with zero attached hydrogens (tertiary/aromatic N) is 3. The van der Waals surface area contributed by atoms with Gasteiger partial charge >= 0.3 is 0 Å². The second kappa shape index (κ2) is 12.8. The second-order valence-corrected chi connectivity index (χ2v) is 6.89. The van der Waals surface area contributed by atoms with Gasteiger partial charge in [0.15, 0.2) is 5.96 Å². The van der Waals surface area contributed by atoms with Crippen LogP contribution in [0.15, 0.2) is 29.3 Å². The minimum absolute atomic E-state index is 0. The van der Waals surface area contributed by atoms with Crippen molar-refractivity contribution in [3.63, 3.8) is 0 Å². The lowest BCUT2D eigenvalue weighted by molar-refractivity contribution is 0.107. The van der Waals surface area contributed by atoms with Gasteiger partial charge in [0.25, 0.3) is 0 Å². The van der Waals surface area contributed by atoms with Gasteiger partial charge in [0.1, 0.15) is 0 Å². The third-order valence-electron chi connectivity index (χ3n) is 4.75. The zero-order chi connectivity index (χ0) is 18.1. The van der Waals surface area contributed by atoms with Crippen LogP contribution < -0.4 is 10.6 Å². The maximum Gasteiger partial charge on any atom is 0.191 e. The van der Waals surface area contributed by atoms with E-state index in [-0.39, 0.29) is 24.0 Å². The minimum atomic E-state index is 0. The van der Waals surface area contributed by atoms with Gasteiger partial charge in [-0.2, -0.15) is 0 Å². The van der Waals surface area contributed by atoms with Crippen molar-refractivity contribution in [3.05, 3.63) is 34.9 Å². The van der Waals surface area contributed by atoms with Gasteiger partial charge in [-0.15, -0.1) is 24.0 Å². The Morgan fingerprint density at radius 2 is 1.85 bits per heavy atom. The van der Waals surface area contributed by atoms with Gasteiger partial charge in [0.05, 0.1) is 6.54 Å². The van der Waals surface area contributed by atoms with E-state index in [2.05, 4.69) is 46.2 Å². The Balaban J connectivity index is 0.00000338. The molecule has 1 aliphatic rings. The Bertz CT molecular complexity index is 546. The van der Waals surface area contributed by atoms with Gasteiger partial charge in [0, 0.05) is 50.3 Å².